The quantitative estimate of drug-likeness (QED) is 0.453. The van der Waals surface area contributed by atoms with Crippen LogP contribution in [0.1, 0.15) is 77.8 Å². The third-order valence-corrected chi connectivity index (χ3v) is 7.20. The Balaban J connectivity index is 1.61. The molecule has 2 aromatic carbocycles. The number of anilines is 2. The maximum atomic E-state index is 12.8. The molecule has 0 radical (unpaired) electrons. The molecule has 1 heterocycles. The fourth-order valence-corrected chi connectivity index (χ4v) is 5.54. The number of hydrogen-bond donors (Lipinski definition) is 3. The molecule has 1 aliphatic heterocycles. The number of hydrogen-bond acceptors (Lipinski definition) is 5. The summed E-state index contributed by atoms with van der Waals surface area (Å²) in [5.41, 5.74) is 4.51. The van der Waals surface area contributed by atoms with Crippen LogP contribution in [0.5, 0.6) is 0 Å². The zero-order valence-electron chi connectivity index (χ0n) is 21.8. The fourth-order valence-electron chi connectivity index (χ4n) is 5.54. The lowest BCUT2D eigenvalue weighted by molar-refractivity contribution is -0.150. The van der Waals surface area contributed by atoms with E-state index in [0.717, 1.165) is 53.7 Å². The third-order valence-electron chi connectivity index (χ3n) is 7.20. The minimum atomic E-state index is -1.11. The van der Waals surface area contributed by atoms with Crippen LogP contribution in [-0.2, 0) is 14.3 Å². The Morgan fingerprint density at radius 3 is 2.47 bits per heavy atom. The number of rotatable bonds is 7. The van der Waals surface area contributed by atoms with Crippen LogP contribution in [0.2, 0.25) is 0 Å². The molecular formula is C29H39N3O4. The van der Waals surface area contributed by atoms with E-state index < -0.39 is 6.41 Å². The molecule has 3 N–H and O–H groups in total. The van der Waals surface area contributed by atoms with E-state index in [-0.39, 0.29) is 35.9 Å². The van der Waals surface area contributed by atoms with E-state index in [1.54, 1.807) is 6.92 Å². The number of aliphatic hydroxyl groups is 1. The predicted octanol–water partition coefficient (Wildman–Crippen LogP) is 5.35. The monoisotopic (exact) mass is 493 g/mol. The Kier molecular flexibility index (Phi) is 8.44. The normalized spacial score (nSPS) is 21.2. The molecule has 2 aromatic rings. The van der Waals surface area contributed by atoms with E-state index in [1.165, 1.54) is 6.42 Å². The summed E-state index contributed by atoms with van der Waals surface area (Å²) in [6.45, 7) is 7.34. The van der Waals surface area contributed by atoms with Gasteiger partial charge in [0.05, 0.1) is 6.10 Å². The van der Waals surface area contributed by atoms with E-state index in [0.29, 0.717) is 6.42 Å². The van der Waals surface area contributed by atoms with Gasteiger partial charge in [-0.15, -0.1) is 0 Å². The van der Waals surface area contributed by atoms with E-state index in [2.05, 4.69) is 16.7 Å². The third kappa shape index (κ3) is 6.14. The van der Waals surface area contributed by atoms with Crippen molar-refractivity contribution in [2.24, 2.45) is 5.92 Å². The smallest absolute Gasteiger partial charge is 0.227 e. The van der Waals surface area contributed by atoms with Gasteiger partial charge in [-0.3, -0.25) is 14.9 Å². The Bertz CT molecular complexity index is 1080. The Hall–Kier alpha value is -2.74. The van der Waals surface area contributed by atoms with Crippen LogP contribution in [0, 0.1) is 5.92 Å². The Labute approximate surface area is 214 Å². The van der Waals surface area contributed by atoms with Gasteiger partial charge in [0, 0.05) is 36.3 Å². The number of benzene rings is 2. The summed E-state index contributed by atoms with van der Waals surface area (Å²) in [7, 11) is 0. The van der Waals surface area contributed by atoms with Gasteiger partial charge in [-0.05, 0) is 81.0 Å². The average Bonchev–Trinajstić information content (AvgIpc) is 2.83. The van der Waals surface area contributed by atoms with E-state index >= 15 is 0 Å². The lowest BCUT2D eigenvalue weighted by Gasteiger charge is -2.40. The summed E-state index contributed by atoms with van der Waals surface area (Å²) in [5, 5.41) is 16.7. The molecule has 0 aromatic heterocycles. The molecule has 36 heavy (non-hydrogen) atoms. The van der Waals surface area contributed by atoms with Crippen molar-refractivity contribution in [2.45, 2.75) is 90.8 Å². The molecular weight excluding hydrogens is 454 g/mol. The zero-order chi connectivity index (χ0) is 25.8. The molecule has 7 heteroatoms. The first-order valence-corrected chi connectivity index (χ1v) is 13.2. The zero-order valence-corrected chi connectivity index (χ0v) is 21.8. The van der Waals surface area contributed by atoms with Gasteiger partial charge in [-0.25, -0.2) is 0 Å². The second-order valence-electron chi connectivity index (χ2n) is 10.4. The largest absolute Gasteiger partial charge is 0.356 e. The summed E-state index contributed by atoms with van der Waals surface area (Å²) in [5.74, 6) is 0.185. The van der Waals surface area contributed by atoms with Crippen LogP contribution in [0.3, 0.4) is 0 Å². The van der Waals surface area contributed by atoms with Gasteiger partial charge in [0.25, 0.3) is 0 Å². The van der Waals surface area contributed by atoms with Crippen LogP contribution in [0.15, 0.2) is 42.5 Å². The minimum Gasteiger partial charge on any atom is -0.356 e. The number of nitrogens with zero attached hydrogens (tertiary/aromatic N) is 1. The van der Waals surface area contributed by atoms with Crippen LogP contribution in [0.4, 0.5) is 11.4 Å². The maximum Gasteiger partial charge on any atom is 0.227 e. The Morgan fingerprint density at radius 2 is 1.78 bits per heavy atom. The molecule has 1 unspecified atom stereocenters. The van der Waals surface area contributed by atoms with Crippen molar-refractivity contribution in [3.63, 3.8) is 0 Å². The molecule has 0 saturated heterocycles. The van der Waals surface area contributed by atoms with Crippen molar-refractivity contribution in [1.82, 2.24) is 5.32 Å². The first-order chi connectivity index (χ1) is 17.2. The average molecular weight is 494 g/mol. The molecule has 4 rings (SSSR count). The molecule has 1 saturated carbocycles. The highest BCUT2D eigenvalue weighted by Crippen LogP contribution is 2.40. The van der Waals surface area contributed by atoms with Crippen LogP contribution >= 0.6 is 0 Å². The van der Waals surface area contributed by atoms with Gasteiger partial charge in [-0.2, -0.15) is 0 Å². The highest BCUT2D eigenvalue weighted by molar-refractivity contribution is 5.95. The molecule has 3 atom stereocenters. The molecule has 2 amide bonds. The Morgan fingerprint density at radius 1 is 1.06 bits per heavy atom. The van der Waals surface area contributed by atoms with Gasteiger partial charge in [0.15, 0.2) is 0 Å². The summed E-state index contributed by atoms with van der Waals surface area (Å²) < 4.78 is 5.52. The molecule has 7 nitrogen and oxygen atoms in total. The van der Waals surface area contributed by atoms with Crippen molar-refractivity contribution < 1.29 is 19.4 Å². The van der Waals surface area contributed by atoms with E-state index in [1.807, 2.05) is 62.1 Å². The molecule has 0 spiro atoms. The van der Waals surface area contributed by atoms with Crippen LogP contribution in [0.25, 0.3) is 11.1 Å². The van der Waals surface area contributed by atoms with Crippen molar-refractivity contribution in [1.29, 1.82) is 0 Å². The van der Waals surface area contributed by atoms with Crippen LogP contribution < -0.4 is 15.5 Å². The highest BCUT2D eigenvalue weighted by atomic mass is 16.6. The summed E-state index contributed by atoms with van der Waals surface area (Å²) in [6, 6.07) is 13.7. The van der Waals surface area contributed by atoms with Crippen molar-refractivity contribution >= 4 is 23.2 Å². The lowest BCUT2D eigenvalue weighted by atomic mass is 9.88. The first-order valence-electron chi connectivity index (χ1n) is 13.2. The maximum absolute atomic E-state index is 12.8. The number of fused-ring (bicyclic) bond motifs is 1. The summed E-state index contributed by atoms with van der Waals surface area (Å²) in [4.78, 5) is 27.1. The fraction of sp³-hybridized carbons (Fsp3) is 0.517. The van der Waals surface area contributed by atoms with Gasteiger partial charge in [0.1, 0.15) is 0 Å². The second kappa shape index (κ2) is 11.5. The molecule has 2 aliphatic rings. The van der Waals surface area contributed by atoms with Gasteiger partial charge in [0.2, 0.25) is 18.2 Å². The predicted molar refractivity (Wildman–Crippen MR) is 142 cm³/mol. The van der Waals surface area contributed by atoms with Crippen molar-refractivity contribution in [3.8, 4) is 11.1 Å². The SMILES string of the molecule is CC(=O)N1c2ccc(-c3cccc(NC(=O)C4CCCCC4)c3)cc2[C@H](NC(O)OC(C)C)C[C@@H]1C. The summed E-state index contributed by atoms with van der Waals surface area (Å²) >= 11 is 0. The van der Waals surface area contributed by atoms with Gasteiger partial charge in [-0.1, -0.05) is 37.5 Å². The first kappa shape index (κ1) is 26.3. The van der Waals surface area contributed by atoms with Gasteiger partial charge < -0.3 is 20.1 Å². The number of amides is 2. The number of carbonyl (C=O) groups is 2. The number of aliphatic hydroxyl groups excluding tert-OH is 1. The molecule has 0 bridgehead atoms. The van der Waals surface area contributed by atoms with Crippen molar-refractivity contribution in [3.05, 3.63) is 48.0 Å². The molecule has 1 fully saturated rings. The van der Waals surface area contributed by atoms with E-state index in [4.69, 9.17) is 4.74 Å². The number of nitrogens with one attached hydrogen (secondary N) is 2. The lowest BCUT2D eigenvalue weighted by Crippen LogP contribution is -2.47. The highest BCUT2D eigenvalue weighted by Gasteiger charge is 2.33. The number of carbonyl (C=O) groups excluding carboxylic acids is 2. The van der Waals surface area contributed by atoms with E-state index in [9.17, 15) is 14.7 Å². The van der Waals surface area contributed by atoms with Crippen LogP contribution in [-0.4, -0.2) is 35.5 Å². The number of ether oxygens (including phenoxy) is 1. The second-order valence-corrected chi connectivity index (χ2v) is 10.4. The standard InChI is InChI=1S/C29H39N3O4/c1-18(2)36-29(35)31-26-15-19(3)32(20(4)33)27-14-13-23(17-25(26)27)22-11-8-12-24(16-22)30-28(34)21-9-6-5-7-10-21/h8,11-14,16-19,21,26,29,31,35H,5-7,9-10,15H2,1-4H3,(H,30,34)/t19-,26+,29?/m0/s1. The van der Waals surface area contributed by atoms with Gasteiger partial charge >= 0.3 is 0 Å². The molecule has 194 valence electrons. The minimum absolute atomic E-state index is 0.0126. The molecule has 1 aliphatic carbocycles. The topological polar surface area (TPSA) is 90.9 Å². The van der Waals surface area contributed by atoms with Crippen molar-refractivity contribution in [2.75, 3.05) is 10.2 Å². The summed E-state index contributed by atoms with van der Waals surface area (Å²) in [6.07, 6.45) is 4.79.